The molecule has 0 unspecified atom stereocenters. The van der Waals surface area contributed by atoms with Crippen molar-refractivity contribution in [3.63, 3.8) is 0 Å². The van der Waals surface area contributed by atoms with Crippen LogP contribution in [0.15, 0.2) is 0 Å². The highest BCUT2D eigenvalue weighted by atomic mass is 16.2. The van der Waals surface area contributed by atoms with Gasteiger partial charge >= 0.3 is 0 Å². The van der Waals surface area contributed by atoms with Crippen LogP contribution < -0.4 is 5.32 Å². The van der Waals surface area contributed by atoms with Crippen molar-refractivity contribution in [3.8, 4) is 0 Å². The first kappa shape index (κ1) is 11.5. The highest BCUT2D eigenvalue weighted by Gasteiger charge is 2.40. The third kappa shape index (κ3) is 2.65. The normalized spacial score (nSPS) is 37.3. The lowest BCUT2D eigenvalue weighted by Gasteiger charge is -2.28. The van der Waals surface area contributed by atoms with Crippen LogP contribution in [-0.2, 0) is 4.79 Å². The van der Waals surface area contributed by atoms with Crippen LogP contribution in [0.3, 0.4) is 0 Å². The van der Waals surface area contributed by atoms with Gasteiger partial charge in [-0.2, -0.15) is 0 Å². The summed E-state index contributed by atoms with van der Waals surface area (Å²) in [6, 6.07) is 0.506. The lowest BCUT2D eigenvalue weighted by Crippen LogP contribution is -2.45. The third-order valence-electron chi connectivity index (χ3n) is 4.90. The predicted octanol–water partition coefficient (Wildman–Crippen LogP) is 1.78. The van der Waals surface area contributed by atoms with E-state index in [0.29, 0.717) is 12.6 Å². The minimum absolute atomic E-state index is 0.268. The highest BCUT2D eigenvalue weighted by Crippen LogP contribution is 2.44. The molecular formula is C14H24N2O. The van der Waals surface area contributed by atoms with Crippen LogP contribution in [0.2, 0.25) is 0 Å². The topological polar surface area (TPSA) is 32.3 Å². The van der Waals surface area contributed by atoms with Gasteiger partial charge in [-0.05, 0) is 57.0 Å². The van der Waals surface area contributed by atoms with Crippen LogP contribution >= 0.6 is 0 Å². The number of nitrogens with one attached hydrogen (secondary N) is 1. The summed E-state index contributed by atoms with van der Waals surface area (Å²) in [5, 5.41) is 3.28. The average Bonchev–Trinajstić information content (AvgIpc) is 2.92. The molecule has 2 bridgehead atoms. The quantitative estimate of drug-likeness (QED) is 0.810. The van der Waals surface area contributed by atoms with E-state index in [-0.39, 0.29) is 5.91 Å². The minimum atomic E-state index is 0.268. The van der Waals surface area contributed by atoms with E-state index in [9.17, 15) is 4.79 Å². The Morgan fingerprint density at radius 2 is 1.94 bits per heavy atom. The van der Waals surface area contributed by atoms with Crippen LogP contribution in [-0.4, -0.2) is 36.5 Å². The molecule has 0 spiro atoms. The zero-order chi connectivity index (χ0) is 11.7. The van der Waals surface area contributed by atoms with Gasteiger partial charge in [-0.3, -0.25) is 9.69 Å². The molecule has 3 nitrogen and oxygen atoms in total. The fraction of sp³-hybridized carbons (Fsp3) is 0.929. The Kier molecular flexibility index (Phi) is 3.37. The van der Waals surface area contributed by atoms with Crippen molar-refractivity contribution in [1.82, 2.24) is 10.2 Å². The smallest absolute Gasteiger partial charge is 0.234 e. The van der Waals surface area contributed by atoms with Crippen LogP contribution in [0.25, 0.3) is 0 Å². The van der Waals surface area contributed by atoms with Gasteiger partial charge in [0.25, 0.3) is 0 Å². The second-order valence-corrected chi connectivity index (χ2v) is 6.19. The van der Waals surface area contributed by atoms with E-state index in [1.807, 2.05) is 0 Å². The second kappa shape index (κ2) is 4.97. The fourth-order valence-corrected chi connectivity index (χ4v) is 3.99. The summed E-state index contributed by atoms with van der Waals surface area (Å²) in [5.74, 6) is 1.98. The molecule has 0 aromatic carbocycles. The van der Waals surface area contributed by atoms with E-state index >= 15 is 0 Å². The Balaban J connectivity index is 1.44. The maximum atomic E-state index is 12.0. The number of fused-ring (bicyclic) bond motifs is 2. The van der Waals surface area contributed by atoms with Crippen molar-refractivity contribution >= 4 is 5.91 Å². The Labute approximate surface area is 104 Å². The molecule has 96 valence electrons. The molecule has 3 heteroatoms. The van der Waals surface area contributed by atoms with Gasteiger partial charge in [-0.25, -0.2) is 0 Å². The summed E-state index contributed by atoms with van der Waals surface area (Å²) in [6.07, 6.45) is 9.24. The molecule has 17 heavy (non-hydrogen) atoms. The number of hydrogen-bond acceptors (Lipinski definition) is 2. The van der Waals surface area contributed by atoms with Gasteiger partial charge < -0.3 is 5.32 Å². The van der Waals surface area contributed by atoms with Crippen molar-refractivity contribution in [2.45, 2.75) is 51.0 Å². The van der Waals surface area contributed by atoms with Crippen molar-refractivity contribution < 1.29 is 4.79 Å². The molecule has 1 amide bonds. The minimum Gasteiger partial charge on any atom is -0.352 e. The monoisotopic (exact) mass is 236 g/mol. The summed E-state index contributed by atoms with van der Waals surface area (Å²) < 4.78 is 0. The van der Waals surface area contributed by atoms with Gasteiger partial charge in [0.15, 0.2) is 0 Å². The Morgan fingerprint density at radius 1 is 1.12 bits per heavy atom. The van der Waals surface area contributed by atoms with Crippen LogP contribution in [0.1, 0.15) is 44.9 Å². The number of piperidine rings is 1. The molecule has 0 radical (unpaired) electrons. The van der Waals surface area contributed by atoms with Crippen molar-refractivity contribution in [1.29, 1.82) is 0 Å². The molecule has 0 aromatic rings. The predicted molar refractivity (Wildman–Crippen MR) is 67.7 cm³/mol. The van der Waals surface area contributed by atoms with Gasteiger partial charge in [-0.1, -0.05) is 12.8 Å². The maximum absolute atomic E-state index is 12.0. The largest absolute Gasteiger partial charge is 0.352 e. The standard InChI is InChI=1S/C14H24N2O/c17-14(10-16-6-2-1-3-7-16)15-13-9-11-4-5-12(13)8-11/h11-13H,1-10H2,(H,15,17)/t11-,12-,13-/m1/s1. The zero-order valence-corrected chi connectivity index (χ0v) is 10.7. The van der Waals surface area contributed by atoms with Crippen molar-refractivity contribution in [2.75, 3.05) is 19.6 Å². The molecule has 3 fully saturated rings. The average molecular weight is 236 g/mol. The zero-order valence-electron chi connectivity index (χ0n) is 10.7. The van der Waals surface area contributed by atoms with Gasteiger partial charge in [0.05, 0.1) is 6.54 Å². The molecule has 1 heterocycles. The number of hydrogen-bond donors (Lipinski definition) is 1. The van der Waals surface area contributed by atoms with E-state index in [4.69, 9.17) is 0 Å². The molecule has 0 aromatic heterocycles. The summed E-state index contributed by atoms with van der Waals surface area (Å²) in [4.78, 5) is 14.3. The molecule has 3 rings (SSSR count). The van der Waals surface area contributed by atoms with Crippen LogP contribution in [0.5, 0.6) is 0 Å². The molecule has 1 saturated heterocycles. The van der Waals surface area contributed by atoms with Crippen molar-refractivity contribution in [3.05, 3.63) is 0 Å². The summed E-state index contributed by atoms with van der Waals surface area (Å²) >= 11 is 0. The van der Waals surface area contributed by atoms with E-state index in [1.54, 1.807) is 0 Å². The molecule has 2 saturated carbocycles. The summed E-state index contributed by atoms with van der Waals surface area (Å²) in [5.41, 5.74) is 0. The Morgan fingerprint density at radius 3 is 2.59 bits per heavy atom. The first-order chi connectivity index (χ1) is 8.31. The number of amides is 1. The van der Waals surface area contributed by atoms with Gasteiger partial charge in [0.2, 0.25) is 5.91 Å². The fourth-order valence-electron chi connectivity index (χ4n) is 3.99. The number of likely N-dealkylation sites (tertiary alicyclic amines) is 1. The molecule has 3 aliphatic rings. The van der Waals surface area contributed by atoms with Crippen molar-refractivity contribution in [2.24, 2.45) is 11.8 Å². The second-order valence-electron chi connectivity index (χ2n) is 6.19. The van der Waals surface area contributed by atoms with E-state index in [1.165, 1.54) is 44.9 Å². The van der Waals surface area contributed by atoms with E-state index in [0.717, 1.165) is 24.9 Å². The third-order valence-corrected chi connectivity index (χ3v) is 4.90. The summed E-state index contributed by atoms with van der Waals surface area (Å²) in [6.45, 7) is 2.86. The SMILES string of the molecule is O=C(CN1CCCCC1)N[C@@H]1C[C@@H]2CC[C@@H]1C2. The van der Waals surface area contributed by atoms with Gasteiger partial charge in [0, 0.05) is 6.04 Å². The van der Waals surface area contributed by atoms with E-state index in [2.05, 4.69) is 10.2 Å². The van der Waals surface area contributed by atoms with Gasteiger partial charge in [-0.15, -0.1) is 0 Å². The summed E-state index contributed by atoms with van der Waals surface area (Å²) in [7, 11) is 0. The molecule has 1 aliphatic heterocycles. The maximum Gasteiger partial charge on any atom is 0.234 e. The Hall–Kier alpha value is -0.570. The van der Waals surface area contributed by atoms with Crippen LogP contribution in [0.4, 0.5) is 0 Å². The van der Waals surface area contributed by atoms with Gasteiger partial charge in [0.1, 0.15) is 0 Å². The highest BCUT2D eigenvalue weighted by molar-refractivity contribution is 5.78. The molecule has 3 atom stereocenters. The lowest BCUT2D eigenvalue weighted by molar-refractivity contribution is -0.123. The number of carbonyl (C=O) groups excluding carboxylic acids is 1. The number of nitrogens with zero attached hydrogens (tertiary/aromatic N) is 1. The lowest BCUT2D eigenvalue weighted by atomic mass is 9.95. The number of rotatable bonds is 3. The first-order valence-electron chi connectivity index (χ1n) is 7.33. The van der Waals surface area contributed by atoms with Crippen LogP contribution in [0, 0.1) is 11.8 Å². The number of carbonyl (C=O) groups is 1. The van der Waals surface area contributed by atoms with E-state index < -0.39 is 0 Å². The Bertz CT molecular complexity index is 286. The molecular weight excluding hydrogens is 212 g/mol. The first-order valence-corrected chi connectivity index (χ1v) is 7.33. The molecule has 1 N–H and O–H groups in total. The molecule has 2 aliphatic carbocycles.